The number of hydrogen-bond acceptors (Lipinski definition) is 5. The van der Waals surface area contributed by atoms with E-state index in [4.69, 9.17) is 14.7 Å². The molecule has 0 saturated heterocycles. The van der Waals surface area contributed by atoms with E-state index in [0.717, 1.165) is 5.56 Å². The molecule has 1 aromatic carbocycles. The predicted octanol–water partition coefficient (Wildman–Crippen LogP) is 0.458. The third-order valence-corrected chi connectivity index (χ3v) is 3.43. The van der Waals surface area contributed by atoms with Crippen LogP contribution in [-0.4, -0.2) is 35.3 Å². The van der Waals surface area contributed by atoms with Gasteiger partial charge in [-0.25, -0.2) is 5.48 Å². The fourth-order valence-electron chi connectivity index (χ4n) is 1.39. The van der Waals surface area contributed by atoms with Gasteiger partial charge in [-0.3, -0.25) is 14.2 Å². The van der Waals surface area contributed by atoms with Crippen LogP contribution in [0.1, 0.15) is 5.56 Å². The standard InChI is InChI=1S/C11H15NO5S/c1-16-9-4-3-8(5-10(9)17-2)6-18(15)7-11(13)12-14/h3-5,14H,6-7H2,1-2H3,(H,12,13). The fourth-order valence-corrected chi connectivity index (χ4v) is 2.40. The second kappa shape index (κ2) is 6.97. The summed E-state index contributed by atoms with van der Waals surface area (Å²) in [7, 11) is 1.65. The summed E-state index contributed by atoms with van der Waals surface area (Å²) in [6.45, 7) is 0. The molecule has 0 aliphatic rings. The van der Waals surface area contributed by atoms with Gasteiger partial charge in [-0.15, -0.1) is 0 Å². The Hall–Kier alpha value is -1.60. The third-order valence-electron chi connectivity index (χ3n) is 2.19. The second-order valence-corrected chi connectivity index (χ2v) is 4.91. The number of hydrogen-bond donors (Lipinski definition) is 2. The first-order valence-corrected chi connectivity index (χ1v) is 6.58. The molecule has 0 fully saturated rings. The van der Waals surface area contributed by atoms with Crippen molar-refractivity contribution in [1.29, 1.82) is 0 Å². The normalized spacial score (nSPS) is 11.7. The van der Waals surface area contributed by atoms with E-state index in [1.54, 1.807) is 18.2 Å². The molecule has 1 rings (SSSR count). The lowest BCUT2D eigenvalue weighted by Crippen LogP contribution is -2.25. The van der Waals surface area contributed by atoms with E-state index in [0.29, 0.717) is 11.5 Å². The molecule has 1 aromatic rings. The zero-order chi connectivity index (χ0) is 13.5. The van der Waals surface area contributed by atoms with E-state index >= 15 is 0 Å². The Balaban J connectivity index is 2.73. The topological polar surface area (TPSA) is 84.9 Å². The van der Waals surface area contributed by atoms with E-state index in [1.807, 2.05) is 0 Å². The van der Waals surface area contributed by atoms with Crippen LogP contribution in [0, 0.1) is 0 Å². The first kappa shape index (κ1) is 14.5. The molecule has 0 saturated carbocycles. The van der Waals surface area contributed by atoms with Crippen molar-refractivity contribution in [2.75, 3.05) is 20.0 Å². The van der Waals surface area contributed by atoms with Crippen LogP contribution in [0.3, 0.4) is 0 Å². The highest BCUT2D eigenvalue weighted by Crippen LogP contribution is 2.27. The van der Waals surface area contributed by atoms with Crippen LogP contribution in [0.4, 0.5) is 0 Å². The van der Waals surface area contributed by atoms with Crippen LogP contribution >= 0.6 is 0 Å². The van der Waals surface area contributed by atoms with Gasteiger partial charge in [0, 0.05) is 16.6 Å². The summed E-state index contributed by atoms with van der Waals surface area (Å²) in [5.74, 6) is 0.408. The molecule has 0 radical (unpaired) electrons. The number of carbonyl (C=O) groups is 1. The molecular formula is C11H15NO5S. The second-order valence-electron chi connectivity index (χ2n) is 3.45. The van der Waals surface area contributed by atoms with Crippen molar-refractivity contribution in [2.45, 2.75) is 5.75 Å². The van der Waals surface area contributed by atoms with Gasteiger partial charge in [-0.1, -0.05) is 6.07 Å². The maximum Gasteiger partial charge on any atom is 0.255 e. The summed E-state index contributed by atoms with van der Waals surface area (Å²) in [4.78, 5) is 10.8. The van der Waals surface area contributed by atoms with Crippen LogP contribution in [0.5, 0.6) is 11.5 Å². The molecule has 1 atom stereocenters. The van der Waals surface area contributed by atoms with Crippen LogP contribution in [0.2, 0.25) is 0 Å². The number of nitrogens with one attached hydrogen (secondary N) is 1. The summed E-state index contributed by atoms with van der Waals surface area (Å²) in [6, 6.07) is 5.15. The monoisotopic (exact) mass is 273 g/mol. The molecule has 0 aliphatic carbocycles. The number of ether oxygens (including phenoxy) is 2. The minimum absolute atomic E-state index is 0.202. The van der Waals surface area contributed by atoms with Gasteiger partial charge >= 0.3 is 0 Å². The Bertz CT molecular complexity index is 449. The summed E-state index contributed by atoms with van der Waals surface area (Å²) in [6.07, 6.45) is 0. The molecule has 0 spiro atoms. The Morgan fingerprint density at radius 3 is 2.56 bits per heavy atom. The zero-order valence-electron chi connectivity index (χ0n) is 10.1. The van der Waals surface area contributed by atoms with Gasteiger partial charge in [0.1, 0.15) is 5.75 Å². The van der Waals surface area contributed by atoms with Gasteiger partial charge < -0.3 is 9.47 Å². The molecule has 1 amide bonds. The van der Waals surface area contributed by atoms with Gasteiger partial charge in [0.25, 0.3) is 5.91 Å². The number of methoxy groups -OCH3 is 2. The number of amides is 1. The average molecular weight is 273 g/mol. The average Bonchev–Trinajstić information content (AvgIpc) is 2.38. The molecule has 0 bridgehead atoms. The lowest BCUT2D eigenvalue weighted by Gasteiger charge is -2.09. The molecule has 100 valence electrons. The summed E-state index contributed by atoms with van der Waals surface area (Å²) >= 11 is 0. The van der Waals surface area contributed by atoms with E-state index < -0.39 is 16.7 Å². The lowest BCUT2D eigenvalue weighted by atomic mass is 10.2. The smallest absolute Gasteiger partial charge is 0.255 e. The van der Waals surface area contributed by atoms with E-state index in [9.17, 15) is 9.00 Å². The number of hydroxylamine groups is 1. The number of rotatable bonds is 6. The van der Waals surface area contributed by atoms with Crippen LogP contribution in [0.15, 0.2) is 18.2 Å². The Kier molecular flexibility index (Phi) is 5.60. The largest absolute Gasteiger partial charge is 0.493 e. The highest BCUT2D eigenvalue weighted by atomic mass is 32.2. The van der Waals surface area contributed by atoms with Gasteiger partial charge in [0.05, 0.1) is 14.2 Å². The lowest BCUT2D eigenvalue weighted by molar-refractivity contribution is -0.126. The summed E-state index contributed by atoms with van der Waals surface area (Å²) in [5, 5.41) is 8.33. The van der Waals surface area contributed by atoms with Crippen molar-refractivity contribution in [2.24, 2.45) is 0 Å². The number of benzene rings is 1. The third kappa shape index (κ3) is 4.01. The molecule has 18 heavy (non-hydrogen) atoms. The molecule has 0 aromatic heterocycles. The fraction of sp³-hybridized carbons (Fsp3) is 0.364. The summed E-state index contributed by atoms with van der Waals surface area (Å²) < 4.78 is 21.8. The van der Waals surface area contributed by atoms with Crippen molar-refractivity contribution in [3.05, 3.63) is 23.8 Å². The van der Waals surface area contributed by atoms with E-state index in [1.165, 1.54) is 19.7 Å². The highest BCUT2D eigenvalue weighted by Gasteiger charge is 2.10. The predicted molar refractivity (Wildman–Crippen MR) is 66.2 cm³/mol. The summed E-state index contributed by atoms with van der Waals surface area (Å²) in [5.41, 5.74) is 2.21. The molecular weight excluding hydrogens is 258 g/mol. The molecule has 7 heteroatoms. The van der Waals surface area contributed by atoms with E-state index in [2.05, 4.69) is 0 Å². The van der Waals surface area contributed by atoms with Crippen molar-refractivity contribution in [3.63, 3.8) is 0 Å². The molecule has 2 N–H and O–H groups in total. The van der Waals surface area contributed by atoms with Crippen molar-refractivity contribution >= 4 is 16.7 Å². The first-order valence-electron chi connectivity index (χ1n) is 5.09. The molecule has 1 unspecified atom stereocenters. The van der Waals surface area contributed by atoms with E-state index in [-0.39, 0.29) is 11.5 Å². The Morgan fingerprint density at radius 1 is 1.33 bits per heavy atom. The van der Waals surface area contributed by atoms with Gasteiger partial charge in [0.2, 0.25) is 0 Å². The maximum absolute atomic E-state index is 11.6. The Morgan fingerprint density at radius 2 is 2.00 bits per heavy atom. The van der Waals surface area contributed by atoms with Crippen LogP contribution in [0.25, 0.3) is 0 Å². The number of carbonyl (C=O) groups excluding carboxylic acids is 1. The van der Waals surface area contributed by atoms with Gasteiger partial charge in [-0.2, -0.15) is 0 Å². The highest BCUT2D eigenvalue weighted by molar-refractivity contribution is 7.84. The van der Waals surface area contributed by atoms with Crippen LogP contribution < -0.4 is 15.0 Å². The van der Waals surface area contributed by atoms with Crippen molar-refractivity contribution < 1.29 is 23.7 Å². The van der Waals surface area contributed by atoms with Gasteiger partial charge in [-0.05, 0) is 17.7 Å². The van der Waals surface area contributed by atoms with Crippen LogP contribution in [-0.2, 0) is 21.3 Å². The zero-order valence-corrected chi connectivity index (χ0v) is 11.0. The SMILES string of the molecule is COc1ccc(CS(=O)CC(=O)NO)cc1OC. The Labute approximate surface area is 107 Å². The maximum atomic E-state index is 11.6. The van der Waals surface area contributed by atoms with Gasteiger partial charge in [0.15, 0.2) is 11.5 Å². The minimum atomic E-state index is -1.39. The molecule has 6 nitrogen and oxygen atoms in total. The molecule has 0 heterocycles. The van der Waals surface area contributed by atoms with Crippen molar-refractivity contribution in [3.8, 4) is 11.5 Å². The van der Waals surface area contributed by atoms with Crippen molar-refractivity contribution in [1.82, 2.24) is 5.48 Å². The minimum Gasteiger partial charge on any atom is -0.493 e. The first-order chi connectivity index (χ1) is 8.60. The molecule has 0 aliphatic heterocycles. The quantitative estimate of drug-likeness (QED) is 0.581.